The van der Waals surface area contributed by atoms with Crippen molar-refractivity contribution in [3.8, 4) is 5.75 Å². The van der Waals surface area contributed by atoms with Gasteiger partial charge in [-0.1, -0.05) is 30.3 Å². The Morgan fingerprint density at radius 1 is 1.00 bits per heavy atom. The molecule has 0 aliphatic rings. The van der Waals surface area contributed by atoms with Gasteiger partial charge < -0.3 is 14.8 Å². The molecule has 126 valence electrons. The van der Waals surface area contributed by atoms with E-state index in [2.05, 4.69) is 21.2 Å². The Balaban J connectivity index is 1.60. The Bertz CT molecular complexity index is 676. The number of para-hydroxylation sites is 2. The highest BCUT2D eigenvalue weighted by Crippen LogP contribution is 2.20. The zero-order chi connectivity index (χ0) is 17.2. The first-order chi connectivity index (χ1) is 11.6. The fourth-order valence-corrected chi connectivity index (χ4v) is 2.27. The van der Waals surface area contributed by atoms with E-state index >= 15 is 0 Å². The van der Waals surface area contributed by atoms with Crippen LogP contribution in [0, 0.1) is 0 Å². The van der Waals surface area contributed by atoms with Gasteiger partial charge in [0, 0.05) is 10.9 Å². The first-order valence-electron chi connectivity index (χ1n) is 7.53. The molecule has 6 heteroatoms. The Labute approximate surface area is 149 Å². The topological polar surface area (TPSA) is 64.6 Å². The van der Waals surface area contributed by atoms with Gasteiger partial charge in [0.2, 0.25) is 0 Å². The van der Waals surface area contributed by atoms with Crippen molar-refractivity contribution in [2.75, 3.05) is 18.5 Å². The van der Waals surface area contributed by atoms with Crippen molar-refractivity contribution in [1.29, 1.82) is 0 Å². The van der Waals surface area contributed by atoms with E-state index in [1.165, 1.54) is 0 Å². The largest absolute Gasteiger partial charge is 0.494 e. The minimum atomic E-state index is -0.422. The third-order valence-corrected chi connectivity index (χ3v) is 3.74. The van der Waals surface area contributed by atoms with Crippen molar-refractivity contribution in [3.05, 3.63) is 59.1 Å². The lowest BCUT2D eigenvalue weighted by atomic mass is 10.3. The molecule has 0 atom stereocenters. The number of benzene rings is 2. The molecule has 0 spiro atoms. The van der Waals surface area contributed by atoms with Gasteiger partial charge in [-0.3, -0.25) is 9.59 Å². The van der Waals surface area contributed by atoms with Crippen LogP contribution in [0.3, 0.4) is 0 Å². The summed E-state index contributed by atoms with van der Waals surface area (Å²) in [4.78, 5) is 23.4. The van der Waals surface area contributed by atoms with Crippen LogP contribution in [0.4, 0.5) is 5.69 Å². The summed E-state index contributed by atoms with van der Waals surface area (Å²) in [5.74, 6) is -0.0385. The van der Waals surface area contributed by atoms with E-state index in [9.17, 15) is 9.59 Å². The van der Waals surface area contributed by atoms with E-state index in [4.69, 9.17) is 9.47 Å². The van der Waals surface area contributed by atoms with Gasteiger partial charge in [-0.05, 0) is 46.6 Å². The zero-order valence-electron chi connectivity index (χ0n) is 13.0. The number of amides is 1. The highest BCUT2D eigenvalue weighted by molar-refractivity contribution is 9.10. The molecule has 1 amide bonds. The van der Waals surface area contributed by atoms with Gasteiger partial charge in [0.15, 0.2) is 6.61 Å². The van der Waals surface area contributed by atoms with Crippen molar-refractivity contribution in [2.24, 2.45) is 0 Å². The second-order valence-corrected chi connectivity index (χ2v) is 5.81. The molecule has 0 fully saturated rings. The fourth-order valence-electron chi connectivity index (χ4n) is 1.89. The predicted octanol–water partition coefficient (Wildman–Crippen LogP) is 3.79. The molecule has 0 aliphatic carbocycles. The molecule has 0 saturated carbocycles. The second-order valence-electron chi connectivity index (χ2n) is 4.95. The van der Waals surface area contributed by atoms with Crippen molar-refractivity contribution in [3.63, 3.8) is 0 Å². The zero-order valence-corrected chi connectivity index (χ0v) is 14.6. The molecular formula is C18H18BrNO4. The summed E-state index contributed by atoms with van der Waals surface area (Å²) < 4.78 is 11.2. The molecule has 0 aromatic heterocycles. The summed E-state index contributed by atoms with van der Waals surface area (Å²) in [7, 11) is 0. The standard InChI is InChI=1S/C18H18BrNO4/c19-15-9-4-5-10-16(15)20-17(21)13-24-18(22)11-6-12-23-14-7-2-1-3-8-14/h1-5,7-10H,6,11-13H2,(H,20,21). The van der Waals surface area contributed by atoms with Crippen molar-refractivity contribution >= 4 is 33.5 Å². The molecule has 5 nitrogen and oxygen atoms in total. The van der Waals surface area contributed by atoms with E-state index < -0.39 is 5.97 Å². The highest BCUT2D eigenvalue weighted by Gasteiger charge is 2.09. The fraction of sp³-hybridized carbons (Fsp3) is 0.222. The van der Waals surface area contributed by atoms with E-state index in [0.717, 1.165) is 10.2 Å². The van der Waals surface area contributed by atoms with Crippen LogP contribution < -0.4 is 10.1 Å². The number of esters is 1. The average molecular weight is 392 g/mol. The van der Waals surface area contributed by atoms with Crippen LogP contribution in [-0.2, 0) is 14.3 Å². The van der Waals surface area contributed by atoms with E-state index in [1.807, 2.05) is 42.5 Å². The quantitative estimate of drug-likeness (QED) is 0.549. The minimum absolute atomic E-state index is 0.204. The number of ether oxygens (including phenoxy) is 2. The molecule has 2 aromatic carbocycles. The molecule has 0 aliphatic heterocycles. The Hall–Kier alpha value is -2.34. The molecule has 0 unspecified atom stereocenters. The van der Waals surface area contributed by atoms with Gasteiger partial charge in [0.25, 0.3) is 5.91 Å². The van der Waals surface area contributed by atoms with Gasteiger partial charge in [-0.15, -0.1) is 0 Å². The maximum absolute atomic E-state index is 11.8. The molecule has 0 radical (unpaired) electrons. The van der Waals surface area contributed by atoms with Gasteiger partial charge in [0.05, 0.1) is 12.3 Å². The molecular weight excluding hydrogens is 374 g/mol. The van der Waals surface area contributed by atoms with Crippen LogP contribution in [0.15, 0.2) is 59.1 Å². The van der Waals surface area contributed by atoms with Gasteiger partial charge in [0.1, 0.15) is 5.75 Å². The van der Waals surface area contributed by atoms with Crippen LogP contribution in [0.2, 0.25) is 0 Å². The lowest BCUT2D eigenvalue weighted by Gasteiger charge is -2.08. The first kappa shape index (κ1) is 18.0. The highest BCUT2D eigenvalue weighted by atomic mass is 79.9. The van der Waals surface area contributed by atoms with Crippen LogP contribution in [-0.4, -0.2) is 25.1 Å². The second kappa shape index (κ2) is 9.72. The number of hydrogen-bond donors (Lipinski definition) is 1. The van der Waals surface area contributed by atoms with E-state index in [1.54, 1.807) is 12.1 Å². The van der Waals surface area contributed by atoms with Crippen molar-refractivity contribution in [2.45, 2.75) is 12.8 Å². The van der Waals surface area contributed by atoms with Gasteiger partial charge in [-0.25, -0.2) is 0 Å². The number of anilines is 1. The van der Waals surface area contributed by atoms with Crippen LogP contribution in [0.25, 0.3) is 0 Å². The predicted molar refractivity (Wildman–Crippen MR) is 94.9 cm³/mol. The Morgan fingerprint density at radius 2 is 1.71 bits per heavy atom. The molecule has 0 heterocycles. The number of hydrogen-bond acceptors (Lipinski definition) is 4. The average Bonchev–Trinajstić information content (AvgIpc) is 2.60. The Kier molecular flexibility index (Phi) is 7.29. The normalized spacial score (nSPS) is 10.0. The molecule has 24 heavy (non-hydrogen) atoms. The summed E-state index contributed by atoms with van der Waals surface area (Å²) in [6.07, 6.45) is 0.731. The van der Waals surface area contributed by atoms with Gasteiger partial charge in [-0.2, -0.15) is 0 Å². The number of halogens is 1. The molecule has 0 bridgehead atoms. The van der Waals surface area contributed by atoms with Crippen LogP contribution >= 0.6 is 15.9 Å². The maximum Gasteiger partial charge on any atom is 0.306 e. The number of nitrogens with one attached hydrogen (secondary N) is 1. The Morgan fingerprint density at radius 3 is 2.46 bits per heavy atom. The van der Waals surface area contributed by atoms with Gasteiger partial charge >= 0.3 is 5.97 Å². The number of carbonyl (C=O) groups is 2. The van der Waals surface area contributed by atoms with E-state index in [0.29, 0.717) is 18.7 Å². The SMILES string of the molecule is O=C(COC(=O)CCCOc1ccccc1)Nc1ccccc1Br. The third kappa shape index (κ3) is 6.42. The molecule has 1 N–H and O–H groups in total. The summed E-state index contributed by atoms with van der Waals surface area (Å²) >= 11 is 3.33. The number of carbonyl (C=O) groups excluding carboxylic acids is 2. The summed E-state index contributed by atoms with van der Waals surface area (Å²) in [5.41, 5.74) is 0.634. The smallest absolute Gasteiger partial charge is 0.306 e. The lowest BCUT2D eigenvalue weighted by molar-refractivity contribution is -0.147. The summed E-state index contributed by atoms with van der Waals surface area (Å²) in [5, 5.41) is 2.67. The molecule has 2 aromatic rings. The van der Waals surface area contributed by atoms with E-state index in [-0.39, 0.29) is 18.9 Å². The molecule has 0 saturated heterocycles. The van der Waals surface area contributed by atoms with Crippen LogP contribution in [0.1, 0.15) is 12.8 Å². The monoisotopic (exact) mass is 391 g/mol. The molecule has 2 rings (SSSR count). The summed E-state index contributed by atoms with van der Waals surface area (Å²) in [6.45, 7) is 0.113. The van der Waals surface area contributed by atoms with Crippen molar-refractivity contribution in [1.82, 2.24) is 0 Å². The number of rotatable bonds is 8. The summed E-state index contributed by atoms with van der Waals surface area (Å²) in [6, 6.07) is 16.6. The first-order valence-corrected chi connectivity index (χ1v) is 8.32. The van der Waals surface area contributed by atoms with Crippen molar-refractivity contribution < 1.29 is 19.1 Å². The minimum Gasteiger partial charge on any atom is -0.494 e. The third-order valence-electron chi connectivity index (χ3n) is 3.05. The maximum atomic E-state index is 11.8. The lowest BCUT2D eigenvalue weighted by Crippen LogP contribution is -2.21. The van der Waals surface area contributed by atoms with Crippen LogP contribution in [0.5, 0.6) is 5.75 Å².